The number of rotatable bonds is 4. The summed E-state index contributed by atoms with van der Waals surface area (Å²) in [6.45, 7) is 1.35. The van der Waals surface area contributed by atoms with Gasteiger partial charge in [0.1, 0.15) is 11.2 Å². The van der Waals surface area contributed by atoms with E-state index in [0.29, 0.717) is 42.1 Å². The molecule has 0 saturated carbocycles. The van der Waals surface area contributed by atoms with Crippen molar-refractivity contribution in [3.63, 3.8) is 0 Å². The highest BCUT2D eigenvalue weighted by atomic mass is 19.1. The first-order valence-corrected chi connectivity index (χ1v) is 8.52. The van der Waals surface area contributed by atoms with Crippen molar-refractivity contribution in [1.29, 1.82) is 0 Å². The minimum Gasteiger partial charge on any atom is -0.494 e. The van der Waals surface area contributed by atoms with E-state index in [4.69, 9.17) is 9.47 Å². The van der Waals surface area contributed by atoms with Crippen LogP contribution in [0.5, 0.6) is 5.75 Å². The third kappa shape index (κ3) is 3.08. The molecule has 0 aliphatic carbocycles. The number of nitrogens with one attached hydrogen (secondary N) is 1. The summed E-state index contributed by atoms with van der Waals surface area (Å²) < 4.78 is 26.0. The molecule has 1 N–H and O–H groups in total. The molecule has 1 aliphatic heterocycles. The van der Waals surface area contributed by atoms with Crippen molar-refractivity contribution in [2.45, 2.75) is 25.3 Å². The van der Waals surface area contributed by atoms with Crippen molar-refractivity contribution < 1.29 is 13.9 Å². The van der Waals surface area contributed by atoms with Gasteiger partial charge in [0.25, 0.3) is 5.56 Å². The van der Waals surface area contributed by atoms with Crippen LogP contribution in [0.25, 0.3) is 11.0 Å². The summed E-state index contributed by atoms with van der Waals surface area (Å²) in [5, 5.41) is 4.83. The molecule has 0 bridgehead atoms. The zero-order chi connectivity index (χ0) is 18.1. The van der Waals surface area contributed by atoms with Gasteiger partial charge in [0.2, 0.25) is 0 Å². The number of aromatic amines is 1. The molecule has 3 heterocycles. The van der Waals surface area contributed by atoms with E-state index in [1.165, 1.54) is 13.2 Å². The summed E-state index contributed by atoms with van der Waals surface area (Å²) in [4.78, 5) is 19.7. The van der Waals surface area contributed by atoms with Gasteiger partial charge in [-0.3, -0.25) is 4.79 Å². The van der Waals surface area contributed by atoms with Crippen LogP contribution in [-0.4, -0.2) is 40.1 Å². The van der Waals surface area contributed by atoms with Gasteiger partial charge >= 0.3 is 0 Å². The molecule has 3 aromatic rings. The van der Waals surface area contributed by atoms with Gasteiger partial charge < -0.3 is 14.5 Å². The van der Waals surface area contributed by atoms with Gasteiger partial charge in [-0.05, 0) is 30.5 Å². The van der Waals surface area contributed by atoms with Gasteiger partial charge in [0, 0.05) is 19.6 Å². The van der Waals surface area contributed by atoms with Crippen molar-refractivity contribution in [3.8, 4) is 5.75 Å². The van der Waals surface area contributed by atoms with Crippen LogP contribution < -0.4 is 10.3 Å². The summed E-state index contributed by atoms with van der Waals surface area (Å²) in [5.74, 6) is 0.213. The molecule has 0 amide bonds. The highest BCUT2D eigenvalue weighted by Crippen LogP contribution is 2.23. The lowest BCUT2D eigenvalue weighted by molar-refractivity contribution is 0.0673. The van der Waals surface area contributed by atoms with Gasteiger partial charge in [0.15, 0.2) is 17.2 Å². The van der Waals surface area contributed by atoms with Crippen molar-refractivity contribution >= 4 is 11.0 Å². The fourth-order valence-corrected chi connectivity index (χ4v) is 3.28. The molecule has 8 heteroatoms. The monoisotopic (exact) mass is 358 g/mol. The lowest BCUT2D eigenvalue weighted by Crippen LogP contribution is -2.21. The molecule has 26 heavy (non-hydrogen) atoms. The van der Waals surface area contributed by atoms with Crippen molar-refractivity contribution in [2.75, 3.05) is 20.3 Å². The molecule has 4 rings (SSSR count). The van der Waals surface area contributed by atoms with Crippen molar-refractivity contribution in [1.82, 2.24) is 19.7 Å². The number of fused-ring (bicyclic) bond motifs is 1. The Kier molecular flexibility index (Phi) is 4.42. The molecule has 1 saturated heterocycles. The highest BCUT2D eigenvalue weighted by molar-refractivity contribution is 5.73. The fraction of sp³-hybridized carbons (Fsp3) is 0.389. The van der Waals surface area contributed by atoms with Crippen LogP contribution in [-0.2, 0) is 11.2 Å². The molecule has 0 radical (unpaired) electrons. The van der Waals surface area contributed by atoms with Crippen molar-refractivity contribution in [3.05, 3.63) is 52.0 Å². The second-order valence-corrected chi connectivity index (χ2v) is 6.33. The molecule has 0 spiro atoms. The van der Waals surface area contributed by atoms with Crippen LogP contribution in [0, 0.1) is 5.82 Å². The molecule has 136 valence electrons. The fourth-order valence-electron chi connectivity index (χ4n) is 3.28. The largest absolute Gasteiger partial charge is 0.494 e. The van der Waals surface area contributed by atoms with Gasteiger partial charge in [-0.2, -0.15) is 5.10 Å². The Morgan fingerprint density at radius 1 is 1.38 bits per heavy atom. The molecule has 0 atom stereocenters. The number of halogens is 1. The summed E-state index contributed by atoms with van der Waals surface area (Å²) in [6.07, 6.45) is 3.53. The molecule has 7 nitrogen and oxygen atoms in total. The summed E-state index contributed by atoms with van der Waals surface area (Å²) >= 11 is 0. The van der Waals surface area contributed by atoms with Crippen LogP contribution in [0.1, 0.15) is 30.3 Å². The molecule has 1 aromatic carbocycles. The zero-order valence-corrected chi connectivity index (χ0v) is 14.4. The van der Waals surface area contributed by atoms with Gasteiger partial charge in [-0.1, -0.05) is 6.07 Å². The average Bonchev–Trinajstić information content (AvgIpc) is 3.07. The van der Waals surface area contributed by atoms with Gasteiger partial charge in [-0.25, -0.2) is 14.1 Å². The number of hydrogen-bond donors (Lipinski definition) is 1. The molecule has 0 unspecified atom stereocenters. The predicted molar refractivity (Wildman–Crippen MR) is 93.0 cm³/mol. The van der Waals surface area contributed by atoms with Crippen LogP contribution in [0.4, 0.5) is 4.39 Å². The number of nitrogens with zero attached hydrogens (tertiary/aromatic N) is 3. The zero-order valence-electron chi connectivity index (χ0n) is 14.4. The van der Waals surface area contributed by atoms with E-state index in [2.05, 4.69) is 15.1 Å². The SMILES string of the molecule is COc1ccc(Cc2nc3c(cnn3C3CCOCC3)c(=O)[nH]2)cc1F. The average molecular weight is 358 g/mol. The summed E-state index contributed by atoms with van der Waals surface area (Å²) in [6, 6.07) is 4.87. The topological polar surface area (TPSA) is 82.0 Å². The third-order valence-corrected chi connectivity index (χ3v) is 4.64. The minimum atomic E-state index is -0.444. The Hall–Kier alpha value is -2.74. The van der Waals surface area contributed by atoms with Crippen LogP contribution in [0.15, 0.2) is 29.2 Å². The van der Waals surface area contributed by atoms with Gasteiger partial charge in [-0.15, -0.1) is 0 Å². The normalized spacial score (nSPS) is 15.5. The van der Waals surface area contributed by atoms with E-state index in [-0.39, 0.29) is 17.4 Å². The second kappa shape index (κ2) is 6.87. The maximum absolute atomic E-state index is 13.9. The van der Waals surface area contributed by atoms with E-state index in [0.717, 1.165) is 12.8 Å². The van der Waals surface area contributed by atoms with E-state index < -0.39 is 5.82 Å². The van der Waals surface area contributed by atoms with E-state index in [9.17, 15) is 9.18 Å². The highest BCUT2D eigenvalue weighted by Gasteiger charge is 2.20. The van der Waals surface area contributed by atoms with E-state index in [1.807, 2.05) is 4.68 Å². The number of methoxy groups -OCH3 is 1. The smallest absolute Gasteiger partial charge is 0.262 e. The van der Waals surface area contributed by atoms with Crippen LogP contribution >= 0.6 is 0 Å². The maximum Gasteiger partial charge on any atom is 0.262 e. The number of H-pyrrole nitrogens is 1. The van der Waals surface area contributed by atoms with E-state index in [1.54, 1.807) is 18.3 Å². The minimum absolute atomic E-state index is 0.168. The third-order valence-electron chi connectivity index (χ3n) is 4.64. The Balaban J connectivity index is 1.69. The summed E-state index contributed by atoms with van der Waals surface area (Å²) in [5.41, 5.74) is 1.02. The Labute approximate surface area is 148 Å². The number of hydrogen-bond acceptors (Lipinski definition) is 5. The van der Waals surface area contributed by atoms with Gasteiger partial charge in [0.05, 0.1) is 19.3 Å². The number of ether oxygens (including phenoxy) is 2. The lowest BCUT2D eigenvalue weighted by Gasteiger charge is -2.22. The molecule has 2 aromatic heterocycles. The van der Waals surface area contributed by atoms with E-state index >= 15 is 0 Å². The summed E-state index contributed by atoms with van der Waals surface area (Å²) in [7, 11) is 1.42. The molecular weight excluding hydrogens is 339 g/mol. The quantitative estimate of drug-likeness (QED) is 0.773. The Bertz CT molecular complexity index is 992. The lowest BCUT2D eigenvalue weighted by atomic mass is 10.1. The second-order valence-electron chi connectivity index (χ2n) is 6.33. The van der Waals surface area contributed by atoms with Crippen LogP contribution in [0.3, 0.4) is 0 Å². The Morgan fingerprint density at radius 3 is 2.92 bits per heavy atom. The number of benzene rings is 1. The number of aromatic nitrogens is 4. The maximum atomic E-state index is 13.9. The molecular formula is C18H19FN4O3. The first-order valence-electron chi connectivity index (χ1n) is 8.52. The van der Waals surface area contributed by atoms with Crippen LogP contribution in [0.2, 0.25) is 0 Å². The first-order chi connectivity index (χ1) is 12.7. The van der Waals surface area contributed by atoms with Crippen molar-refractivity contribution in [2.24, 2.45) is 0 Å². The molecule has 1 aliphatic rings. The molecule has 1 fully saturated rings. The Morgan fingerprint density at radius 2 is 2.19 bits per heavy atom. The predicted octanol–water partition coefficient (Wildman–Crippen LogP) is 2.21. The standard InChI is InChI=1S/C18H19FN4O3/c1-25-15-3-2-11(8-14(15)19)9-16-21-17-13(18(24)22-16)10-20-23(17)12-4-6-26-7-5-12/h2-3,8,10,12H,4-7,9H2,1H3,(H,21,22,24). The first kappa shape index (κ1) is 16.7.